The normalized spacial score (nSPS) is 10.3. The molecule has 0 fully saturated rings. The van der Waals surface area contributed by atoms with Gasteiger partial charge in [0.25, 0.3) is 5.69 Å². The first-order valence-electron chi connectivity index (χ1n) is 7.47. The SMILES string of the molecule is CCCCOC(=O)N(C(=O)O)c1ccc(-c2cccs2)cc1[N+](=O)[O-]. The van der Waals surface area contributed by atoms with E-state index in [1.54, 1.807) is 12.1 Å². The van der Waals surface area contributed by atoms with E-state index >= 15 is 0 Å². The summed E-state index contributed by atoms with van der Waals surface area (Å²) in [4.78, 5) is 35.2. The molecule has 1 aromatic carbocycles. The topological polar surface area (TPSA) is 110 Å². The number of carboxylic acid groups (broad SMARTS) is 1. The molecule has 0 bridgehead atoms. The van der Waals surface area contributed by atoms with Crippen molar-refractivity contribution < 1.29 is 24.4 Å². The number of rotatable bonds is 6. The second-order valence-electron chi connectivity index (χ2n) is 5.02. The van der Waals surface area contributed by atoms with Gasteiger partial charge in [0.15, 0.2) is 0 Å². The predicted molar refractivity (Wildman–Crippen MR) is 93.2 cm³/mol. The van der Waals surface area contributed by atoms with Gasteiger partial charge in [-0.1, -0.05) is 25.5 Å². The lowest BCUT2D eigenvalue weighted by molar-refractivity contribution is -0.384. The van der Waals surface area contributed by atoms with Crippen LogP contribution in [0, 0.1) is 10.1 Å². The van der Waals surface area contributed by atoms with Crippen LogP contribution in [0.5, 0.6) is 0 Å². The first kappa shape index (κ1) is 18.4. The van der Waals surface area contributed by atoms with Gasteiger partial charge in [0.1, 0.15) is 5.69 Å². The predicted octanol–water partition coefficient (Wildman–Crippen LogP) is 4.74. The summed E-state index contributed by atoms with van der Waals surface area (Å²) in [6, 6.07) is 7.61. The Bertz CT molecular complexity index is 775. The van der Waals surface area contributed by atoms with Crippen LogP contribution in [0.2, 0.25) is 0 Å². The van der Waals surface area contributed by atoms with Crippen molar-refractivity contribution in [3.05, 3.63) is 45.8 Å². The molecule has 2 aromatic rings. The summed E-state index contributed by atoms with van der Waals surface area (Å²) < 4.78 is 4.88. The number of nitrogens with zero attached hydrogens (tertiary/aromatic N) is 2. The molecule has 9 heteroatoms. The number of carbonyl (C=O) groups is 2. The molecule has 2 rings (SSSR count). The summed E-state index contributed by atoms with van der Waals surface area (Å²) in [5.74, 6) is 0. The Labute approximate surface area is 147 Å². The second kappa shape index (κ2) is 8.25. The highest BCUT2D eigenvalue weighted by Crippen LogP contribution is 2.35. The number of carbonyl (C=O) groups excluding carboxylic acids is 1. The standard InChI is InChI=1S/C16H16N2O6S/c1-2-3-8-24-16(21)17(15(19)20)12-7-6-11(10-13(12)18(22)23)14-5-4-9-25-14/h4-7,9-10H,2-3,8H2,1H3,(H,19,20). The summed E-state index contributed by atoms with van der Waals surface area (Å²) in [6.45, 7) is 1.93. The number of nitro benzene ring substituents is 1. The molecule has 8 nitrogen and oxygen atoms in total. The van der Waals surface area contributed by atoms with Crippen LogP contribution < -0.4 is 4.90 Å². The van der Waals surface area contributed by atoms with Crippen molar-refractivity contribution in [2.75, 3.05) is 11.5 Å². The Morgan fingerprint density at radius 3 is 2.68 bits per heavy atom. The van der Waals surface area contributed by atoms with Crippen molar-refractivity contribution >= 4 is 34.9 Å². The van der Waals surface area contributed by atoms with E-state index in [0.717, 1.165) is 11.3 Å². The summed E-state index contributed by atoms with van der Waals surface area (Å²) in [5.41, 5.74) is -0.268. The molecule has 0 saturated heterocycles. The van der Waals surface area contributed by atoms with Gasteiger partial charge in [-0.3, -0.25) is 10.1 Å². The fraction of sp³-hybridized carbons (Fsp3) is 0.250. The molecule has 132 valence electrons. The number of imide groups is 1. The molecular weight excluding hydrogens is 348 g/mol. The Morgan fingerprint density at radius 2 is 2.12 bits per heavy atom. The fourth-order valence-electron chi connectivity index (χ4n) is 2.10. The van der Waals surface area contributed by atoms with Crippen LogP contribution in [0.3, 0.4) is 0 Å². The van der Waals surface area contributed by atoms with E-state index < -0.39 is 22.8 Å². The van der Waals surface area contributed by atoms with Gasteiger partial charge in [0, 0.05) is 10.9 Å². The Hall–Kier alpha value is -2.94. The van der Waals surface area contributed by atoms with Gasteiger partial charge < -0.3 is 9.84 Å². The highest BCUT2D eigenvalue weighted by Gasteiger charge is 2.31. The molecular formula is C16H16N2O6S. The average Bonchev–Trinajstić information content (AvgIpc) is 3.09. The molecule has 0 aliphatic heterocycles. The number of ether oxygens (including phenoxy) is 1. The summed E-state index contributed by atoms with van der Waals surface area (Å²) in [5, 5.41) is 22.5. The lowest BCUT2D eigenvalue weighted by Gasteiger charge is -2.17. The Balaban J connectivity index is 2.41. The molecule has 0 radical (unpaired) electrons. The highest BCUT2D eigenvalue weighted by molar-refractivity contribution is 7.13. The second-order valence-corrected chi connectivity index (χ2v) is 5.97. The molecule has 0 aliphatic carbocycles. The molecule has 0 aliphatic rings. The van der Waals surface area contributed by atoms with Crippen molar-refractivity contribution in [3.63, 3.8) is 0 Å². The van der Waals surface area contributed by atoms with Crippen LogP contribution in [-0.2, 0) is 4.74 Å². The number of hydrogen-bond acceptors (Lipinski definition) is 6. The van der Waals surface area contributed by atoms with Gasteiger partial charge in [0.2, 0.25) is 0 Å². The van der Waals surface area contributed by atoms with Crippen LogP contribution >= 0.6 is 11.3 Å². The summed E-state index contributed by atoms with van der Waals surface area (Å²) in [6.07, 6.45) is -1.48. The zero-order valence-corrected chi connectivity index (χ0v) is 14.2. The van der Waals surface area contributed by atoms with E-state index in [-0.39, 0.29) is 17.2 Å². The van der Waals surface area contributed by atoms with Gasteiger partial charge in [-0.25, -0.2) is 9.59 Å². The lowest BCUT2D eigenvalue weighted by atomic mass is 10.1. The Morgan fingerprint density at radius 1 is 1.36 bits per heavy atom. The molecule has 25 heavy (non-hydrogen) atoms. The smallest absolute Gasteiger partial charge is 0.424 e. The summed E-state index contributed by atoms with van der Waals surface area (Å²) in [7, 11) is 0. The van der Waals surface area contributed by atoms with Gasteiger partial charge in [-0.15, -0.1) is 11.3 Å². The number of nitro groups is 1. The third-order valence-electron chi connectivity index (χ3n) is 3.32. The van der Waals surface area contributed by atoms with E-state index in [1.807, 2.05) is 12.3 Å². The van der Waals surface area contributed by atoms with Crippen LogP contribution in [0.25, 0.3) is 10.4 Å². The third-order valence-corrected chi connectivity index (χ3v) is 4.23. The maximum absolute atomic E-state index is 12.1. The van der Waals surface area contributed by atoms with Crippen molar-refractivity contribution in [3.8, 4) is 10.4 Å². The molecule has 1 aromatic heterocycles. The van der Waals surface area contributed by atoms with Crippen LogP contribution in [-0.4, -0.2) is 28.8 Å². The average molecular weight is 364 g/mol. The first-order chi connectivity index (χ1) is 12.0. The number of amides is 2. The monoisotopic (exact) mass is 364 g/mol. The lowest BCUT2D eigenvalue weighted by Crippen LogP contribution is -2.36. The minimum atomic E-state index is -1.64. The highest BCUT2D eigenvalue weighted by atomic mass is 32.1. The van der Waals surface area contributed by atoms with Crippen molar-refractivity contribution in [1.82, 2.24) is 0 Å². The van der Waals surface area contributed by atoms with E-state index in [4.69, 9.17) is 4.74 Å². The summed E-state index contributed by atoms with van der Waals surface area (Å²) >= 11 is 1.39. The number of anilines is 1. The molecule has 1 N–H and O–H groups in total. The number of benzene rings is 1. The molecule has 0 atom stereocenters. The van der Waals surface area contributed by atoms with Crippen molar-refractivity contribution in [2.45, 2.75) is 19.8 Å². The molecule has 0 saturated carbocycles. The first-order valence-corrected chi connectivity index (χ1v) is 8.35. The molecule has 0 unspecified atom stereocenters. The zero-order chi connectivity index (χ0) is 18.4. The minimum Gasteiger partial charge on any atom is -0.464 e. The van der Waals surface area contributed by atoms with E-state index in [0.29, 0.717) is 12.0 Å². The van der Waals surface area contributed by atoms with E-state index in [2.05, 4.69) is 0 Å². The van der Waals surface area contributed by atoms with Crippen molar-refractivity contribution in [2.24, 2.45) is 0 Å². The molecule has 1 heterocycles. The van der Waals surface area contributed by atoms with Crippen LogP contribution in [0.1, 0.15) is 19.8 Å². The number of hydrogen-bond donors (Lipinski definition) is 1. The largest absolute Gasteiger partial charge is 0.464 e. The number of unbranched alkanes of at least 4 members (excludes halogenated alkanes) is 1. The van der Waals surface area contributed by atoms with Gasteiger partial charge in [-0.05, 0) is 29.5 Å². The van der Waals surface area contributed by atoms with Gasteiger partial charge in [0.05, 0.1) is 11.5 Å². The van der Waals surface area contributed by atoms with Gasteiger partial charge in [-0.2, -0.15) is 4.90 Å². The van der Waals surface area contributed by atoms with Gasteiger partial charge >= 0.3 is 12.2 Å². The van der Waals surface area contributed by atoms with E-state index in [9.17, 15) is 24.8 Å². The van der Waals surface area contributed by atoms with Crippen molar-refractivity contribution in [1.29, 1.82) is 0 Å². The van der Waals surface area contributed by atoms with Crippen LogP contribution in [0.4, 0.5) is 21.0 Å². The maximum Gasteiger partial charge on any atom is 0.424 e. The quantitative estimate of drug-likeness (QED) is 0.450. The Kier molecular flexibility index (Phi) is 6.07. The minimum absolute atomic E-state index is 0.0419. The number of thiophene rings is 1. The fourth-order valence-corrected chi connectivity index (χ4v) is 2.83. The van der Waals surface area contributed by atoms with E-state index in [1.165, 1.54) is 29.5 Å². The maximum atomic E-state index is 12.1. The molecule has 0 spiro atoms. The zero-order valence-electron chi connectivity index (χ0n) is 13.4. The van der Waals surface area contributed by atoms with Crippen LogP contribution in [0.15, 0.2) is 35.7 Å². The third kappa shape index (κ3) is 4.32. The molecule has 2 amide bonds.